The van der Waals surface area contributed by atoms with E-state index in [1.165, 1.54) is 6.20 Å². The highest BCUT2D eigenvalue weighted by atomic mass is 16.4. The molecule has 0 bridgehead atoms. The summed E-state index contributed by atoms with van der Waals surface area (Å²) in [6.45, 7) is 3.96. The van der Waals surface area contributed by atoms with Gasteiger partial charge in [0.15, 0.2) is 5.65 Å². The molecule has 21 heavy (non-hydrogen) atoms. The van der Waals surface area contributed by atoms with Gasteiger partial charge in [0.25, 0.3) is 5.91 Å². The number of pyridine rings is 1. The largest absolute Gasteiger partial charge is 0.481 e. The molecule has 0 aliphatic rings. The van der Waals surface area contributed by atoms with Crippen molar-refractivity contribution in [2.45, 2.75) is 20.3 Å². The minimum atomic E-state index is -0.870. The number of hydrogen-bond acceptors (Lipinski definition) is 4. The molecule has 1 amide bonds. The normalized spacial score (nSPS) is 12.3. The number of hydrogen-bond donors (Lipinski definition) is 2. The number of carboxylic acids is 1. The molecule has 112 valence electrons. The number of carbonyl (C=O) groups is 2. The number of amides is 1. The molecule has 7 heteroatoms. The van der Waals surface area contributed by atoms with Crippen molar-refractivity contribution in [2.24, 2.45) is 13.0 Å². The molecule has 2 aromatic rings. The van der Waals surface area contributed by atoms with Crippen LogP contribution < -0.4 is 5.32 Å². The van der Waals surface area contributed by atoms with Gasteiger partial charge in [-0.15, -0.1) is 0 Å². The van der Waals surface area contributed by atoms with Crippen LogP contribution in [-0.2, 0) is 11.8 Å². The Morgan fingerprint density at radius 1 is 1.48 bits per heavy atom. The summed E-state index contributed by atoms with van der Waals surface area (Å²) < 4.78 is 1.67. The molecule has 1 unspecified atom stereocenters. The SMILES string of the molecule is Cc1nn(C)c2ncc(C(=O)NCC(C)CC(=O)O)cc12. The Morgan fingerprint density at radius 2 is 2.19 bits per heavy atom. The Morgan fingerprint density at radius 3 is 2.86 bits per heavy atom. The maximum absolute atomic E-state index is 12.1. The van der Waals surface area contributed by atoms with Gasteiger partial charge in [0.1, 0.15) is 0 Å². The van der Waals surface area contributed by atoms with E-state index in [0.29, 0.717) is 12.1 Å². The summed E-state index contributed by atoms with van der Waals surface area (Å²) in [5.41, 5.74) is 1.98. The molecule has 2 aromatic heterocycles. The minimum absolute atomic E-state index is 0.0271. The monoisotopic (exact) mass is 290 g/mol. The molecule has 0 aliphatic heterocycles. The van der Waals surface area contributed by atoms with E-state index in [9.17, 15) is 9.59 Å². The van der Waals surface area contributed by atoms with Crippen LogP contribution in [0.3, 0.4) is 0 Å². The fourth-order valence-electron chi connectivity index (χ4n) is 2.17. The van der Waals surface area contributed by atoms with Crippen molar-refractivity contribution < 1.29 is 14.7 Å². The fraction of sp³-hybridized carbons (Fsp3) is 0.429. The third kappa shape index (κ3) is 3.36. The fourth-order valence-corrected chi connectivity index (χ4v) is 2.17. The summed E-state index contributed by atoms with van der Waals surface area (Å²) in [6.07, 6.45) is 1.53. The number of nitrogens with one attached hydrogen (secondary N) is 1. The predicted molar refractivity (Wildman–Crippen MR) is 77.0 cm³/mol. The summed E-state index contributed by atoms with van der Waals surface area (Å²) in [4.78, 5) is 26.9. The minimum Gasteiger partial charge on any atom is -0.481 e. The number of aromatic nitrogens is 3. The third-order valence-corrected chi connectivity index (χ3v) is 3.26. The van der Waals surface area contributed by atoms with Crippen molar-refractivity contribution in [3.8, 4) is 0 Å². The molecule has 0 aliphatic carbocycles. The highest BCUT2D eigenvalue weighted by molar-refractivity contribution is 5.97. The highest BCUT2D eigenvalue weighted by Crippen LogP contribution is 2.16. The summed E-state index contributed by atoms with van der Waals surface area (Å²) in [5, 5.41) is 16.5. The molecule has 2 rings (SSSR count). The highest BCUT2D eigenvalue weighted by Gasteiger charge is 2.13. The van der Waals surface area contributed by atoms with Gasteiger partial charge in [-0.25, -0.2) is 4.98 Å². The van der Waals surface area contributed by atoms with Gasteiger partial charge in [0.05, 0.1) is 11.3 Å². The van der Waals surface area contributed by atoms with Crippen LogP contribution in [0.1, 0.15) is 29.4 Å². The lowest BCUT2D eigenvalue weighted by Gasteiger charge is -2.10. The number of aliphatic carboxylic acids is 1. The Bertz CT molecular complexity index is 693. The van der Waals surface area contributed by atoms with Crippen LogP contribution in [0.15, 0.2) is 12.3 Å². The van der Waals surface area contributed by atoms with Gasteiger partial charge in [-0.1, -0.05) is 6.92 Å². The zero-order chi connectivity index (χ0) is 15.6. The van der Waals surface area contributed by atoms with E-state index in [2.05, 4.69) is 15.4 Å². The van der Waals surface area contributed by atoms with Crippen LogP contribution in [0.4, 0.5) is 0 Å². The number of aryl methyl sites for hydroxylation is 2. The number of carboxylic acid groups (broad SMARTS) is 1. The summed E-state index contributed by atoms with van der Waals surface area (Å²) in [7, 11) is 1.80. The van der Waals surface area contributed by atoms with E-state index in [4.69, 9.17) is 5.11 Å². The molecule has 2 N–H and O–H groups in total. The average Bonchev–Trinajstić information content (AvgIpc) is 2.70. The second-order valence-electron chi connectivity index (χ2n) is 5.22. The Labute approximate surface area is 122 Å². The second kappa shape index (κ2) is 5.90. The zero-order valence-electron chi connectivity index (χ0n) is 12.3. The Balaban J connectivity index is 2.09. The number of rotatable bonds is 5. The van der Waals surface area contributed by atoms with Crippen molar-refractivity contribution in [1.29, 1.82) is 0 Å². The molecular formula is C14H18N4O3. The van der Waals surface area contributed by atoms with E-state index < -0.39 is 5.97 Å². The summed E-state index contributed by atoms with van der Waals surface area (Å²) in [5.74, 6) is -1.25. The van der Waals surface area contributed by atoms with E-state index >= 15 is 0 Å². The molecule has 0 saturated carbocycles. The van der Waals surface area contributed by atoms with Gasteiger partial charge in [-0.3, -0.25) is 14.3 Å². The molecule has 7 nitrogen and oxygen atoms in total. The lowest BCUT2D eigenvalue weighted by Crippen LogP contribution is -2.29. The molecule has 0 saturated heterocycles. The first-order chi connectivity index (χ1) is 9.88. The maximum atomic E-state index is 12.1. The molecule has 1 atom stereocenters. The Kier molecular flexibility index (Phi) is 4.21. The van der Waals surface area contributed by atoms with Crippen molar-refractivity contribution in [2.75, 3.05) is 6.54 Å². The van der Waals surface area contributed by atoms with Crippen LogP contribution >= 0.6 is 0 Å². The second-order valence-corrected chi connectivity index (χ2v) is 5.22. The van der Waals surface area contributed by atoms with Crippen molar-refractivity contribution in [3.05, 3.63) is 23.5 Å². The van der Waals surface area contributed by atoms with Crippen LogP contribution in [-0.4, -0.2) is 38.3 Å². The van der Waals surface area contributed by atoms with Crippen LogP contribution in [0.5, 0.6) is 0 Å². The van der Waals surface area contributed by atoms with Crippen molar-refractivity contribution in [3.63, 3.8) is 0 Å². The van der Waals surface area contributed by atoms with E-state index in [-0.39, 0.29) is 18.2 Å². The third-order valence-electron chi connectivity index (χ3n) is 3.26. The molecule has 0 spiro atoms. The summed E-state index contributed by atoms with van der Waals surface area (Å²) in [6, 6.07) is 1.75. The first kappa shape index (κ1) is 15.0. The van der Waals surface area contributed by atoms with Gasteiger partial charge < -0.3 is 10.4 Å². The first-order valence-electron chi connectivity index (χ1n) is 6.68. The van der Waals surface area contributed by atoms with E-state index in [1.54, 1.807) is 24.7 Å². The van der Waals surface area contributed by atoms with Crippen molar-refractivity contribution >= 4 is 22.9 Å². The zero-order valence-corrected chi connectivity index (χ0v) is 12.3. The lowest BCUT2D eigenvalue weighted by molar-refractivity contribution is -0.137. The van der Waals surface area contributed by atoms with E-state index in [1.807, 2.05) is 6.92 Å². The van der Waals surface area contributed by atoms with E-state index in [0.717, 1.165) is 16.7 Å². The molecular weight excluding hydrogens is 272 g/mol. The standard InChI is InChI=1S/C14H18N4O3/c1-8(4-12(19)20)6-16-14(21)10-5-11-9(2)17-18(3)13(11)15-7-10/h5,7-8H,4,6H2,1-3H3,(H,16,21)(H,19,20). The van der Waals surface area contributed by atoms with Crippen LogP contribution in [0.25, 0.3) is 11.0 Å². The van der Waals surface area contributed by atoms with Crippen LogP contribution in [0.2, 0.25) is 0 Å². The molecule has 0 aromatic carbocycles. The molecule has 0 fully saturated rings. The quantitative estimate of drug-likeness (QED) is 0.860. The number of carbonyl (C=O) groups excluding carboxylic acids is 1. The van der Waals surface area contributed by atoms with Crippen molar-refractivity contribution in [1.82, 2.24) is 20.1 Å². The van der Waals surface area contributed by atoms with Gasteiger partial charge in [-0.2, -0.15) is 5.10 Å². The maximum Gasteiger partial charge on any atom is 0.303 e. The number of nitrogens with zero attached hydrogens (tertiary/aromatic N) is 3. The Hall–Kier alpha value is -2.44. The number of fused-ring (bicyclic) bond motifs is 1. The molecule has 2 heterocycles. The topological polar surface area (TPSA) is 97.1 Å². The van der Waals surface area contributed by atoms with Gasteiger partial charge in [0, 0.05) is 31.6 Å². The van der Waals surface area contributed by atoms with Crippen LogP contribution in [0, 0.1) is 12.8 Å². The van der Waals surface area contributed by atoms with Gasteiger partial charge in [0.2, 0.25) is 0 Å². The van der Waals surface area contributed by atoms with Gasteiger partial charge in [-0.05, 0) is 18.9 Å². The predicted octanol–water partition coefficient (Wildman–Crippen LogP) is 1.12. The lowest BCUT2D eigenvalue weighted by atomic mass is 10.1. The first-order valence-corrected chi connectivity index (χ1v) is 6.68. The smallest absolute Gasteiger partial charge is 0.303 e. The summed E-state index contributed by atoms with van der Waals surface area (Å²) >= 11 is 0. The average molecular weight is 290 g/mol. The molecule has 0 radical (unpaired) electrons. The van der Waals surface area contributed by atoms with Gasteiger partial charge >= 0.3 is 5.97 Å².